The van der Waals surface area contributed by atoms with E-state index in [-0.39, 0.29) is 5.91 Å². The predicted molar refractivity (Wildman–Crippen MR) is 99.4 cm³/mol. The quantitative estimate of drug-likeness (QED) is 0.827. The largest absolute Gasteiger partial charge is 0.356 e. The second-order valence-corrected chi connectivity index (χ2v) is 8.76. The average molecular weight is 359 g/mol. The number of hydrogen-bond donors (Lipinski definition) is 1. The first-order valence-electron chi connectivity index (χ1n) is 9.24. The van der Waals surface area contributed by atoms with Gasteiger partial charge in [-0.3, -0.25) is 14.4 Å². The molecule has 3 heterocycles. The first-order valence-corrected chi connectivity index (χ1v) is 10.1. The zero-order valence-corrected chi connectivity index (χ0v) is 15.6. The maximum atomic E-state index is 11.9. The highest BCUT2D eigenvalue weighted by Gasteiger charge is 2.27. The molecule has 6 heteroatoms. The Morgan fingerprint density at radius 1 is 1.36 bits per heavy atom. The van der Waals surface area contributed by atoms with Gasteiger partial charge in [0, 0.05) is 48.6 Å². The third-order valence-corrected chi connectivity index (χ3v) is 6.08. The average Bonchev–Trinajstić information content (AvgIpc) is 3.09. The molecule has 0 aromatic carbocycles. The molecule has 0 saturated heterocycles. The number of aryl methyl sites for hydroxylation is 1. The van der Waals surface area contributed by atoms with Crippen LogP contribution >= 0.6 is 11.3 Å². The maximum Gasteiger partial charge on any atom is 0.220 e. The molecule has 1 unspecified atom stereocenters. The van der Waals surface area contributed by atoms with Crippen molar-refractivity contribution in [2.45, 2.75) is 51.7 Å². The fourth-order valence-electron chi connectivity index (χ4n) is 3.62. The summed E-state index contributed by atoms with van der Waals surface area (Å²) >= 11 is 1.88. The summed E-state index contributed by atoms with van der Waals surface area (Å²) < 4.78 is 2.16. The number of nitrogens with one attached hydrogen (secondary N) is 1. The predicted octanol–water partition coefficient (Wildman–Crippen LogP) is 3.12. The van der Waals surface area contributed by atoms with Gasteiger partial charge in [0.2, 0.25) is 5.91 Å². The van der Waals surface area contributed by atoms with Crippen LogP contribution in [0.2, 0.25) is 0 Å². The van der Waals surface area contributed by atoms with Crippen LogP contribution in [0.3, 0.4) is 0 Å². The van der Waals surface area contributed by atoms with Crippen LogP contribution in [0.15, 0.2) is 24.4 Å². The third kappa shape index (κ3) is 4.30. The molecule has 1 saturated carbocycles. The molecule has 25 heavy (non-hydrogen) atoms. The van der Waals surface area contributed by atoms with Crippen molar-refractivity contribution in [2.75, 3.05) is 13.1 Å². The minimum Gasteiger partial charge on any atom is -0.356 e. The molecule has 1 aliphatic heterocycles. The minimum absolute atomic E-state index is 0.213. The number of fused-ring (bicyclic) bond motifs is 1. The van der Waals surface area contributed by atoms with Gasteiger partial charge >= 0.3 is 0 Å². The Hall–Kier alpha value is -1.66. The Balaban J connectivity index is 1.34. The van der Waals surface area contributed by atoms with Crippen LogP contribution in [0, 0.1) is 12.8 Å². The van der Waals surface area contributed by atoms with Gasteiger partial charge in [-0.05, 0) is 50.3 Å². The SMILES string of the molecule is Cc1ccc(CN2Cc3ccnn3C(CCNC(=O)CC3CC3)C2)s1. The molecule has 1 atom stereocenters. The lowest BCUT2D eigenvalue weighted by molar-refractivity contribution is -0.121. The number of amides is 1. The van der Waals surface area contributed by atoms with Crippen molar-refractivity contribution >= 4 is 17.2 Å². The minimum atomic E-state index is 0.213. The van der Waals surface area contributed by atoms with E-state index in [2.05, 4.69) is 45.1 Å². The number of carbonyl (C=O) groups excluding carboxylic acids is 1. The van der Waals surface area contributed by atoms with E-state index in [0.29, 0.717) is 18.4 Å². The molecule has 1 N–H and O–H groups in total. The van der Waals surface area contributed by atoms with Gasteiger partial charge in [-0.1, -0.05) is 0 Å². The normalized spacial score (nSPS) is 20.4. The lowest BCUT2D eigenvalue weighted by atomic mass is 10.1. The van der Waals surface area contributed by atoms with Crippen molar-refractivity contribution in [3.63, 3.8) is 0 Å². The van der Waals surface area contributed by atoms with Crippen LogP contribution in [-0.4, -0.2) is 33.7 Å². The molecule has 2 aliphatic rings. The molecule has 1 fully saturated rings. The maximum absolute atomic E-state index is 11.9. The molecule has 134 valence electrons. The summed E-state index contributed by atoms with van der Waals surface area (Å²) in [5, 5.41) is 7.62. The Morgan fingerprint density at radius 2 is 2.24 bits per heavy atom. The fourth-order valence-corrected chi connectivity index (χ4v) is 4.56. The summed E-state index contributed by atoms with van der Waals surface area (Å²) in [6, 6.07) is 6.88. The molecule has 0 spiro atoms. The lowest BCUT2D eigenvalue weighted by Gasteiger charge is -2.33. The lowest BCUT2D eigenvalue weighted by Crippen LogP contribution is -2.38. The number of rotatable bonds is 7. The molecule has 1 amide bonds. The second-order valence-electron chi connectivity index (χ2n) is 7.39. The van der Waals surface area contributed by atoms with E-state index in [9.17, 15) is 4.79 Å². The van der Waals surface area contributed by atoms with E-state index in [1.54, 1.807) is 0 Å². The summed E-state index contributed by atoms with van der Waals surface area (Å²) in [7, 11) is 0. The zero-order valence-electron chi connectivity index (χ0n) is 14.8. The van der Waals surface area contributed by atoms with E-state index in [1.165, 1.54) is 28.3 Å². The third-order valence-electron chi connectivity index (χ3n) is 5.10. The Kier molecular flexibility index (Phi) is 4.90. The summed E-state index contributed by atoms with van der Waals surface area (Å²) in [4.78, 5) is 17.2. The van der Waals surface area contributed by atoms with E-state index in [4.69, 9.17) is 0 Å². The molecule has 0 radical (unpaired) electrons. The van der Waals surface area contributed by atoms with Crippen LogP contribution in [-0.2, 0) is 17.9 Å². The molecule has 5 nitrogen and oxygen atoms in total. The van der Waals surface area contributed by atoms with Crippen LogP contribution in [0.1, 0.15) is 47.2 Å². The van der Waals surface area contributed by atoms with Gasteiger partial charge in [0.15, 0.2) is 0 Å². The molecule has 0 bridgehead atoms. The van der Waals surface area contributed by atoms with E-state index in [1.807, 2.05) is 17.5 Å². The Morgan fingerprint density at radius 3 is 3.00 bits per heavy atom. The molecule has 4 rings (SSSR count). The van der Waals surface area contributed by atoms with Crippen LogP contribution in [0.5, 0.6) is 0 Å². The highest BCUT2D eigenvalue weighted by Crippen LogP contribution is 2.32. The van der Waals surface area contributed by atoms with Crippen LogP contribution < -0.4 is 5.32 Å². The second kappa shape index (κ2) is 7.30. The van der Waals surface area contributed by atoms with Crippen LogP contribution in [0.4, 0.5) is 0 Å². The summed E-state index contributed by atoms with van der Waals surface area (Å²) in [5.41, 5.74) is 1.27. The van der Waals surface area contributed by atoms with E-state index in [0.717, 1.165) is 32.6 Å². The number of nitrogens with zero attached hydrogens (tertiary/aromatic N) is 3. The van der Waals surface area contributed by atoms with Crippen molar-refractivity contribution < 1.29 is 4.79 Å². The van der Waals surface area contributed by atoms with Crippen molar-refractivity contribution in [2.24, 2.45) is 5.92 Å². The topological polar surface area (TPSA) is 50.2 Å². The van der Waals surface area contributed by atoms with E-state index >= 15 is 0 Å². The summed E-state index contributed by atoms with van der Waals surface area (Å²) in [5.74, 6) is 0.863. The van der Waals surface area contributed by atoms with Gasteiger partial charge in [0.1, 0.15) is 0 Å². The Bertz CT molecular complexity index is 733. The molecule has 2 aromatic heterocycles. The first kappa shape index (κ1) is 16.8. The highest BCUT2D eigenvalue weighted by molar-refractivity contribution is 7.11. The van der Waals surface area contributed by atoms with Crippen molar-refractivity contribution in [3.8, 4) is 0 Å². The standard InChI is InChI=1S/C19H26N4OS/c1-14-2-5-18(25-14)13-22-11-16(23-17(12-22)7-9-21-23)6-8-20-19(24)10-15-3-4-15/h2,5,7,9,15-16H,3-4,6,8,10-13H2,1H3,(H,20,24). The van der Waals surface area contributed by atoms with E-state index < -0.39 is 0 Å². The van der Waals surface area contributed by atoms with Gasteiger partial charge in [-0.15, -0.1) is 11.3 Å². The summed E-state index contributed by atoms with van der Waals surface area (Å²) in [6.45, 7) is 5.83. The van der Waals surface area contributed by atoms with Crippen molar-refractivity contribution in [1.82, 2.24) is 20.0 Å². The number of aromatic nitrogens is 2. The fraction of sp³-hybridized carbons (Fsp3) is 0.579. The van der Waals surface area contributed by atoms with Gasteiger partial charge < -0.3 is 5.32 Å². The number of carbonyl (C=O) groups is 1. The Labute approximate surface area is 153 Å². The van der Waals surface area contributed by atoms with Gasteiger partial charge in [0.25, 0.3) is 0 Å². The van der Waals surface area contributed by atoms with Crippen molar-refractivity contribution in [3.05, 3.63) is 39.8 Å². The molecule has 1 aliphatic carbocycles. The van der Waals surface area contributed by atoms with Crippen molar-refractivity contribution in [1.29, 1.82) is 0 Å². The van der Waals surface area contributed by atoms with Crippen LogP contribution in [0.25, 0.3) is 0 Å². The number of hydrogen-bond acceptors (Lipinski definition) is 4. The van der Waals surface area contributed by atoms with Gasteiger partial charge in [-0.2, -0.15) is 5.10 Å². The zero-order chi connectivity index (χ0) is 17.2. The monoisotopic (exact) mass is 358 g/mol. The molecular weight excluding hydrogens is 332 g/mol. The first-order chi connectivity index (χ1) is 12.2. The van der Waals surface area contributed by atoms with Gasteiger partial charge in [0.05, 0.1) is 11.7 Å². The molecular formula is C19H26N4OS. The highest BCUT2D eigenvalue weighted by atomic mass is 32.1. The molecule has 2 aromatic rings. The summed E-state index contributed by atoms with van der Waals surface area (Å²) in [6.07, 6.45) is 5.99. The number of thiophene rings is 1. The smallest absolute Gasteiger partial charge is 0.220 e. The van der Waals surface area contributed by atoms with Gasteiger partial charge in [-0.25, -0.2) is 0 Å².